The number of nitrogens with zero attached hydrogens (tertiary/aromatic N) is 1. The molecule has 2 aromatic carbocycles. The first-order valence-corrected chi connectivity index (χ1v) is 9.38. The Morgan fingerprint density at radius 2 is 1.90 bits per heavy atom. The number of rotatable bonds is 5. The molecule has 0 bridgehead atoms. The summed E-state index contributed by atoms with van der Waals surface area (Å²) < 4.78 is 5.25. The van der Waals surface area contributed by atoms with E-state index in [1.54, 1.807) is 50.4 Å². The van der Waals surface area contributed by atoms with Gasteiger partial charge in [0.05, 0.1) is 7.11 Å². The van der Waals surface area contributed by atoms with E-state index in [4.69, 9.17) is 16.3 Å². The quantitative estimate of drug-likeness (QED) is 0.733. The summed E-state index contributed by atoms with van der Waals surface area (Å²) >= 11 is 5.97. The molecule has 1 aliphatic heterocycles. The number of hydrogen-bond donors (Lipinski definition) is 2. The van der Waals surface area contributed by atoms with Gasteiger partial charge in [-0.25, -0.2) is 4.79 Å². The van der Waals surface area contributed by atoms with Gasteiger partial charge in [0.15, 0.2) is 0 Å². The monoisotopic (exact) mass is 415 g/mol. The fourth-order valence-electron chi connectivity index (χ4n) is 3.29. The number of amides is 4. The molecule has 0 aromatic heterocycles. The number of methoxy groups -OCH3 is 1. The summed E-state index contributed by atoms with van der Waals surface area (Å²) in [6, 6.07) is 9.74. The van der Waals surface area contributed by atoms with Crippen LogP contribution in [0.25, 0.3) is 0 Å². The minimum absolute atomic E-state index is 0.401. The van der Waals surface area contributed by atoms with Gasteiger partial charge in [-0.05, 0) is 61.7 Å². The third kappa shape index (κ3) is 3.91. The zero-order valence-corrected chi connectivity index (χ0v) is 17.4. The minimum Gasteiger partial charge on any atom is -0.496 e. The number of benzene rings is 2. The SMILES string of the molecule is COc1ccc(C2(C)NC(=O)N(CC(=O)Nc3cc(Cl)ccc3C)C2=O)cc1C. The molecule has 29 heavy (non-hydrogen) atoms. The number of aryl methyl sites for hydroxylation is 2. The molecular formula is C21H22ClN3O4. The van der Waals surface area contributed by atoms with Crippen molar-refractivity contribution in [2.45, 2.75) is 26.3 Å². The lowest BCUT2D eigenvalue weighted by atomic mass is 9.90. The van der Waals surface area contributed by atoms with E-state index in [2.05, 4.69) is 10.6 Å². The first-order valence-electron chi connectivity index (χ1n) is 9.01. The Morgan fingerprint density at radius 1 is 1.17 bits per heavy atom. The molecule has 0 spiro atoms. The van der Waals surface area contributed by atoms with Crippen molar-refractivity contribution in [3.05, 3.63) is 58.1 Å². The van der Waals surface area contributed by atoms with E-state index in [0.29, 0.717) is 22.0 Å². The molecule has 1 atom stereocenters. The van der Waals surface area contributed by atoms with Crippen LogP contribution in [0.5, 0.6) is 5.75 Å². The summed E-state index contributed by atoms with van der Waals surface area (Å²) in [4.78, 5) is 38.9. The molecule has 7 nitrogen and oxygen atoms in total. The zero-order valence-electron chi connectivity index (χ0n) is 16.6. The Labute approximate surface area is 174 Å². The maximum atomic E-state index is 13.0. The summed E-state index contributed by atoms with van der Waals surface area (Å²) in [5.74, 6) is -0.304. The van der Waals surface area contributed by atoms with Crippen molar-refractivity contribution in [1.29, 1.82) is 0 Å². The summed E-state index contributed by atoms with van der Waals surface area (Å²) in [5.41, 5.74) is 1.53. The van der Waals surface area contributed by atoms with Crippen molar-refractivity contribution in [2.24, 2.45) is 0 Å². The van der Waals surface area contributed by atoms with Gasteiger partial charge in [-0.3, -0.25) is 14.5 Å². The Kier molecular flexibility index (Phi) is 5.53. The molecule has 0 radical (unpaired) electrons. The van der Waals surface area contributed by atoms with Crippen molar-refractivity contribution >= 4 is 35.1 Å². The van der Waals surface area contributed by atoms with E-state index in [0.717, 1.165) is 16.0 Å². The van der Waals surface area contributed by atoms with Crippen LogP contribution in [0.15, 0.2) is 36.4 Å². The Morgan fingerprint density at radius 3 is 2.55 bits per heavy atom. The second-order valence-electron chi connectivity index (χ2n) is 7.14. The largest absolute Gasteiger partial charge is 0.496 e. The van der Waals surface area contributed by atoms with E-state index in [1.807, 2.05) is 13.8 Å². The number of ether oxygens (including phenoxy) is 1. The second-order valence-corrected chi connectivity index (χ2v) is 7.57. The normalized spacial score (nSPS) is 18.6. The summed E-state index contributed by atoms with van der Waals surface area (Å²) in [6.45, 7) is 4.89. The van der Waals surface area contributed by atoms with Gasteiger partial charge in [0, 0.05) is 10.7 Å². The van der Waals surface area contributed by atoms with E-state index in [1.165, 1.54) is 0 Å². The average Bonchev–Trinajstić information content (AvgIpc) is 2.88. The van der Waals surface area contributed by atoms with E-state index in [9.17, 15) is 14.4 Å². The fourth-order valence-corrected chi connectivity index (χ4v) is 3.46. The van der Waals surface area contributed by atoms with Crippen LogP contribution < -0.4 is 15.4 Å². The summed E-state index contributed by atoms with van der Waals surface area (Å²) in [7, 11) is 1.56. The van der Waals surface area contributed by atoms with Gasteiger partial charge in [-0.2, -0.15) is 0 Å². The third-order valence-electron chi connectivity index (χ3n) is 5.02. The first kappa shape index (κ1) is 20.7. The zero-order chi connectivity index (χ0) is 21.3. The predicted octanol–water partition coefficient (Wildman–Crippen LogP) is 3.37. The van der Waals surface area contributed by atoms with Gasteiger partial charge in [-0.15, -0.1) is 0 Å². The molecule has 4 amide bonds. The summed E-state index contributed by atoms with van der Waals surface area (Å²) in [5, 5.41) is 5.87. The third-order valence-corrected chi connectivity index (χ3v) is 5.26. The molecule has 2 aromatic rings. The molecule has 8 heteroatoms. The lowest BCUT2D eigenvalue weighted by Gasteiger charge is -2.23. The highest BCUT2D eigenvalue weighted by atomic mass is 35.5. The molecule has 3 rings (SSSR count). The maximum Gasteiger partial charge on any atom is 0.325 e. The minimum atomic E-state index is -1.26. The molecule has 1 aliphatic rings. The Bertz CT molecular complexity index is 1010. The van der Waals surface area contributed by atoms with E-state index < -0.39 is 29.9 Å². The lowest BCUT2D eigenvalue weighted by molar-refractivity contribution is -0.133. The molecule has 2 N–H and O–H groups in total. The molecule has 0 saturated carbocycles. The molecule has 0 aliphatic carbocycles. The first-order chi connectivity index (χ1) is 13.7. The number of imide groups is 1. The number of nitrogens with one attached hydrogen (secondary N) is 2. The van der Waals surface area contributed by atoms with Gasteiger partial charge < -0.3 is 15.4 Å². The van der Waals surface area contributed by atoms with Crippen molar-refractivity contribution in [3.8, 4) is 5.75 Å². The van der Waals surface area contributed by atoms with Crippen LogP contribution in [0.1, 0.15) is 23.6 Å². The molecule has 1 unspecified atom stereocenters. The smallest absolute Gasteiger partial charge is 0.325 e. The summed E-state index contributed by atoms with van der Waals surface area (Å²) in [6.07, 6.45) is 0. The van der Waals surface area contributed by atoms with Gasteiger partial charge in [0.1, 0.15) is 17.8 Å². The van der Waals surface area contributed by atoms with Crippen LogP contribution in [-0.4, -0.2) is 36.4 Å². The van der Waals surface area contributed by atoms with Crippen molar-refractivity contribution < 1.29 is 19.1 Å². The molecule has 1 fully saturated rings. The second kappa shape index (κ2) is 7.75. The average molecular weight is 416 g/mol. The number of hydrogen-bond acceptors (Lipinski definition) is 4. The van der Waals surface area contributed by atoms with Gasteiger partial charge in [-0.1, -0.05) is 23.7 Å². The van der Waals surface area contributed by atoms with Crippen LogP contribution >= 0.6 is 11.6 Å². The topological polar surface area (TPSA) is 87.7 Å². The standard InChI is InChI=1S/C21H22ClN3O4/c1-12-5-7-15(22)10-16(12)23-18(26)11-25-19(27)21(3,24-20(25)28)14-6-8-17(29-4)13(2)9-14/h5-10H,11H2,1-4H3,(H,23,26)(H,24,28). The number of anilines is 1. The van der Waals surface area contributed by atoms with Crippen LogP contribution in [0.2, 0.25) is 5.02 Å². The molecule has 1 saturated heterocycles. The molecule has 152 valence electrons. The van der Waals surface area contributed by atoms with Crippen molar-refractivity contribution in [3.63, 3.8) is 0 Å². The van der Waals surface area contributed by atoms with Gasteiger partial charge in [0.25, 0.3) is 5.91 Å². The maximum absolute atomic E-state index is 13.0. The Balaban J connectivity index is 1.79. The van der Waals surface area contributed by atoms with Crippen molar-refractivity contribution in [2.75, 3.05) is 19.0 Å². The van der Waals surface area contributed by atoms with Crippen molar-refractivity contribution in [1.82, 2.24) is 10.2 Å². The number of carbonyl (C=O) groups is 3. The lowest BCUT2D eigenvalue weighted by Crippen LogP contribution is -2.42. The van der Waals surface area contributed by atoms with E-state index in [-0.39, 0.29) is 0 Å². The number of carbonyl (C=O) groups excluding carboxylic acids is 3. The number of urea groups is 1. The molecular weight excluding hydrogens is 394 g/mol. The van der Waals surface area contributed by atoms with Crippen LogP contribution in [-0.2, 0) is 15.1 Å². The van der Waals surface area contributed by atoms with E-state index >= 15 is 0 Å². The van der Waals surface area contributed by atoms with Crippen LogP contribution in [0, 0.1) is 13.8 Å². The molecule has 1 heterocycles. The fraction of sp³-hybridized carbons (Fsp3) is 0.286. The van der Waals surface area contributed by atoms with Gasteiger partial charge >= 0.3 is 6.03 Å². The van der Waals surface area contributed by atoms with Crippen LogP contribution in [0.4, 0.5) is 10.5 Å². The highest BCUT2D eigenvalue weighted by molar-refractivity contribution is 6.31. The highest BCUT2D eigenvalue weighted by Gasteiger charge is 2.49. The highest BCUT2D eigenvalue weighted by Crippen LogP contribution is 2.31. The Hall–Kier alpha value is -3.06. The van der Waals surface area contributed by atoms with Gasteiger partial charge in [0.2, 0.25) is 5.91 Å². The predicted molar refractivity (Wildman–Crippen MR) is 110 cm³/mol. The van der Waals surface area contributed by atoms with Crippen LogP contribution in [0.3, 0.4) is 0 Å². The number of halogens is 1.